The van der Waals surface area contributed by atoms with E-state index in [0.29, 0.717) is 12.4 Å². The Morgan fingerprint density at radius 1 is 1.19 bits per heavy atom. The van der Waals surface area contributed by atoms with E-state index in [4.69, 9.17) is 4.74 Å². The van der Waals surface area contributed by atoms with Gasteiger partial charge in [0.15, 0.2) is 0 Å². The lowest BCUT2D eigenvalue weighted by Crippen LogP contribution is -2.33. The number of nitrogens with zero attached hydrogens (tertiary/aromatic N) is 1. The fourth-order valence-electron chi connectivity index (χ4n) is 3.07. The van der Waals surface area contributed by atoms with Crippen molar-refractivity contribution in [1.29, 1.82) is 0 Å². The first kappa shape index (κ1) is 16.2. The third kappa shape index (κ3) is 4.92. The Labute approximate surface area is 128 Å². The van der Waals surface area contributed by atoms with Gasteiger partial charge in [0.2, 0.25) is 0 Å². The molecule has 1 aliphatic rings. The van der Waals surface area contributed by atoms with E-state index < -0.39 is 0 Å². The number of likely N-dealkylation sites (tertiary alicyclic amines) is 1. The van der Waals surface area contributed by atoms with Crippen molar-refractivity contribution in [2.24, 2.45) is 5.92 Å². The molecule has 0 amide bonds. The summed E-state index contributed by atoms with van der Waals surface area (Å²) >= 11 is 0. The quantitative estimate of drug-likeness (QED) is 0.817. The zero-order chi connectivity index (χ0) is 15.1. The maximum atomic E-state index is 10.2. The zero-order valence-corrected chi connectivity index (χ0v) is 13.5. The first-order valence-corrected chi connectivity index (χ1v) is 8.40. The van der Waals surface area contributed by atoms with E-state index in [2.05, 4.69) is 18.7 Å². The van der Waals surface area contributed by atoms with Gasteiger partial charge in [-0.05, 0) is 44.3 Å². The maximum Gasteiger partial charge on any atom is 0.123 e. The Bertz CT molecular complexity index is 425. The summed E-state index contributed by atoms with van der Waals surface area (Å²) in [6.07, 6.45) is 6.24. The standard InChI is InChI=1S/C18H29NO2/c1-3-5-15-8-10-19(11-9-15)14-16-6-7-17(13-18(16)20)21-12-4-2/h6-7,13,15,20H,3-5,8-12,14H2,1-2H3. The minimum absolute atomic E-state index is 0.360. The van der Waals surface area contributed by atoms with E-state index in [1.54, 1.807) is 6.07 Å². The van der Waals surface area contributed by atoms with Crippen LogP contribution in [0.25, 0.3) is 0 Å². The van der Waals surface area contributed by atoms with Crippen molar-refractivity contribution in [2.45, 2.75) is 52.5 Å². The second-order valence-electron chi connectivity index (χ2n) is 6.15. The highest BCUT2D eigenvalue weighted by Gasteiger charge is 2.19. The molecule has 21 heavy (non-hydrogen) atoms. The molecule has 0 radical (unpaired) electrons. The van der Waals surface area contributed by atoms with Gasteiger partial charge in [0.25, 0.3) is 0 Å². The third-order valence-corrected chi connectivity index (χ3v) is 4.33. The zero-order valence-electron chi connectivity index (χ0n) is 13.5. The summed E-state index contributed by atoms with van der Waals surface area (Å²) in [6, 6.07) is 5.71. The van der Waals surface area contributed by atoms with Gasteiger partial charge in [-0.3, -0.25) is 4.90 Å². The lowest BCUT2D eigenvalue weighted by molar-refractivity contribution is 0.170. The number of hydrogen-bond donors (Lipinski definition) is 1. The fourth-order valence-corrected chi connectivity index (χ4v) is 3.07. The van der Waals surface area contributed by atoms with Gasteiger partial charge in [0.05, 0.1) is 6.61 Å². The van der Waals surface area contributed by atoms with Gasteiger partial charge >= 0.3 is 0 Å². The van der Waals surface area contributed by atoms with E-state index in [1.165, 1.54) is 25.7 Å². The van der Waals surface area contributed by atoms with Gasteiger partial charge in [-0.1, -0.05) is 32.8 Å². The molecule has 1 aliphatic heterocycles. The average Bonchev–Trinajstić information content (AvgIpc) is 2.50. The molecule has 1 heterocycles. The maximum absolute atomic E-state index is 10.2. The number of phenols is 1. The molecule has 0 atom stereocenters. The molecule has 1 N–H and O–H groups in total. The number of rotatable bonds is 7. The summed E-state index contributed by atoms with van der Waals surface area (Å²) in [5.41, 5.74) is 1.01. The molecule has 3 nitrogen and oxygen atoms in total. The van der Waals surface area contributed by atoms with Crippen LogP contribution in [0.3, 0.4) is 0 Å². The molecule has 1 saturated heterocycles. The lowest BCUT2D eigenvalue weighted by Gasteiger charge is -2.32. The number of piperidine rings is 1. The molecule has 0 unspecified atom stereocenters. The van der Waals surface area contributed by atoms with Crippen molar-refractivity contribution >= 4 is 0 Å². The van der Waals surface area contributed by atoms with Crippen molar-refractivity contribution in [3.8, 4) is 11.5 Å². The van der Waals surface area contributed by atoms with Crippen LogP contribution in [0.1, 0.15) is 51.5 Å². The second-order valence-corrected chi connectivity index (χ2v) is 6.15. The summed E-state index contributed by atoms with van der Waals surface area (Å²) in [4.78, 5) is 2.45. The van der Waals surface area contributed by atoms with Crippen LogP contribution in [0.15, 0.2) is 18.2 Å². The number of ether oxygens (including phenoxy) is 1. The minimum Gasteiger partial charge on any atom is -0.507 e. The topological polar surface area (TPSA) is 32.7 Å². The largest absolute Gasteiger partial charge is 0.507 e. The van der Waals surface area contributed by atoms with Gasteiger partial charge in [-0.25, -0.2) is 0 Å². The first-order valence-electron chi connectivity index (χ1n) is 8.40. The van der Waals surface area contributed by atoms with E-state index >= 15 is 0 Å². The summed E-state index contributed by atoms with van der Waals surface area (Å²) in [7, 11) is 0. The van der Waals surface area contributed by atoms with Crippen molar-refractivity contribution in [1.82, 2.24) is 4.90 Å². The van der Waals surface area contributed by atoms with Crippen LogP contribution in [-0.2, 0) is 6.54 Å². The SMILES string of the molecule is CCCOc1ccc(CN2CCC(CCC)CC2)c(O)c1. The monoisotopic (exact) mass is 291 g/mol. The summed E-state index contributed by atoms with van der Waals surface area (Å²) in [6.45, 7) is 8.20. The number of hydrogen-bond acceptors (Lipinski definition) is 3. The molecule has 118 valence electrons. The first-order chi connectivity index (χ1) is 10.2. The minimum atomic E-state index is 0.360. The molecule has 1 aromatic rings. The number of phenolic OH excluding ortho intramolecular Hbond substituents is 1. The van der Waals surface area contributed by atoms with Gasteiger partial charge < -0.3 is 9.84 Å². The normalized spacial score (nSPS) is 17.0. The Kier molecular flexibility index (Phi) is 6.37. The van der Waals surface area contributed by atoms with E-state index in [9.17, 15) is 5.11 Å². The molecule has 1 aromatic carbocycles. The van der Waals surface area contributed by atoms with Crippen LogP contribution in [-0.4, -0.2) is 29.7 Å². The van der Waals surface area contributed by atoms with Gasteiger partial charge in [0.1, 0.15) is 11.5 Å². The number of aromatic hydroxyl groups is 1. The van der Waals surface area contributed by atoms with Crippen molar-refractivity contribution < 1.29 is 9.84 Å². The third-order valence-electron chi connectivity index (χ3n) is 4.33. The Morgan fingerprint density at radius 3 is 2.57 bits per heavy atom. The summed E-state index contributed by atoms with van der Waals surface area (Å²) in [5.74, 6) is 2.03. The predicted molar refractivity (Wildman–Crippen MR) is 86.8 cm³/mol. The molecular weight excluding hydrogens is 262 g/mol. The molecule has 0 aliphatic carbocycles. The Morgan fingerprint density at radius 2 is 1.95 bits per heavy atom. The lowest BCUT2D eigenvalue weighted by atomic mass is 9.92. The van der Waals surface area contributed by atoms with E-state index in [-0.39, 0.29) is 0 Å². The molecular formula is C18H29NO2. The van der Waals surface area contributed by atoms with Crippen LogP contribution < -0.4 is 4.74 Å². The average molecular weight is 291 g/mol. The molecule has 0 spiro atoms. The van der Waals surface area contributed by atoms with Gasteiger partial charge in [-0.15, -0.1) is 0 Å². The second kappa shape index (κ2) is 8.28. The van der Waals surface area contributed by atoms with Crippen LogP contribution in [0.2, 0.25) is 0 Å². The Balaban J connectivity index is 1.86. The van der Waals surface area contributed by atoms with Crippen LogP contribution >= 0.6 is 0 Å². The highest BCUT2D eigenvalue weighted by molar-refractivity contribution is 5.39. The van der Waals surface area contributed by atoms with Gasteiger partial charge in [-0.2, -0.15) is 0 Å². The van der Waals surface area contributed by atoms with Gasteiger partial charge in [0, 0.05) is 18.2 Å². The molecule has 0 saturated carbocycles. The van der Waals surface area contributed by atoms with Crippen molar-refractivity contribution in [3.63, 3.8) is 0 Å². The summed E-state index contributed by atoms with van der Waals surface area (Å²) in [5, 5.41) is 10.2. The molecule has 1 fully saturated rings. The number of benzene rings is 1. The highest BCUT2D eigenvalue weighted by atomic mass is 16.5. The molecule has 0 bridgehead atoms. The Hall–Kier alpha value is -1.22. The molecule has 0 aromatic heterocycles. The van der Waals surface area contributed by atoms with Crippen molar-refractivity contribution in [3.05, 3.63) is 23.8 Å². The smallest absolute Gasteiger partial charge is 0.123 e. The molecule has 2 rings (SSSR count). The molecule has 3 heteroatoms. The van der Waals surface area contributed by atoms with Crippen LogP contribution in [0.4, 0.5) is 0 Å². The van der Waals surface area contributed by atoms with Crippen LogP contribution in [0, 0.1) is 5.92 Å². The predicted octanol–water partition coefficient (Wildman–Crippen LogP) is 4.19. The van der Waals surface area contributed by atoms with Crippen molar-refractivity contribution in [2.75, 3.05) is 19.7 Å². The summed E-state index contributed by atoms with van der Waals surface area (Å²) < 4.78 is 5.55. The van der Waals surface area contributed by atoms with E-state index in [1.807, 2.05) is 12.1 Å². The fraction of sp³-hybridized carbons (Fsp3) is 0.667. The highest BCUT2D eigenvalue weighted by Crippen LogP contribution is 2.27. The van der Waals surface area contributed by atoms with Crippen LogP contribution in [0.5, 0.6) is 11.5 Å². The van der Waals surface area contributed by atoms with E-state index in [0.717, 1.165) is 43.3 Å².